The van der Waals surface area contributed by atoms with Gasteiger partial charge < -0.3 is 10.0 Å². The topological polar surface area (TPSA) is 103 Å². The van der Waals surface area contributed by atoms with E-state index < -0.39 is 6.09 Å². The number of fused-ring (bicyclic) bond motifs is 1. The molecule has 2 amide bonds. The molecule has 0 spiro atoms. The average molecular weight is 437 g/mol. The number of hydrogen-bond acceptors (Lipinski definition) is 5. The van der Waals surface area contributed by atoms with E-state index in [4.69, 9.17) is 5.11 Å². The fraction of sp³-hybridized carbons (Fsp3) is 0.391. The smallest absolute Gasteiger partial charge is 0.411 e. The molecule has 3 aromatic rings. The Labute approximate surface area is 186 Å². The maximum absolute atomic E-state index is 11.4. The fourth-order valence-electron chi connectivity index (χ4n) is 3.49. The number of rotatable bonds is 5. The normalized spacial score (nSPS) is 15.4. The Morgan fingerprint density at radius 1 is 1.12 bits per heavy atom. The second-order valence-corrected chi connectivity index (χ2v) is 8.28. The standard InChI is InChI=1S/C20H22N6O3.C3H6/c1-13(27)24(2)16-11-25(12-16)10-14-6-8-15(9-7-14)17-4-3-5-18-21-19(22-20(28)29)23-26(17)18;1-2-3-1/h3-9,16H,10-12H2,1-2H3,(H,22,23)(H,28,29);1-3H2. The zero-order chi connectivity index (χ0) is 22.7. The highest BCUT2D eigenvalue weighted by atomic mass is 16.4. The fourth-order valence-corrected chi connectivity index (χ4v) is 3.49. The quantitative estimate of drug-likeness (QED) is 0.636. The van der Waals surface area contributed by atoms with Crippen molar-refractivity contribution in [2.24, 2.45) is 0 Å². The number of likely N-dealkylation sites (N-methyl/N-ethyl adjacent to an activating group) is 1. The minimum Gasteiger partial charge on any atom is -0.465 e. The summed E-state index contributed by atoms with van der Waals surface area (Å²) in [5.74, 6) is 0.146. The Hall–Kier alpha value is -3.46. The summed E-state index contributed by atoms with van der Waals surface area (Å²) in [5, 5.41) is 15.3. The number of likely N-dealkylation sites (tertiary alicyclic amines) is 1. The molecule has 0 unspecified atom stereocenters. The van der Waals surface area contributed by atoms with E-state index in [1.807, 2.05) is 31.3 Å². The van der Waals surface area contributed by atoms with E-state index in [1.165, 1.54) is 24.8 Å². The molecule has 32 heavy (non-hydrogen) atoms. The second kappa shape index (κ2) is 9.35. The predicted octanol–water partition coefficient (Wildman–Crippen LogP) is 3.32. The summed E-state index contributed by atoms with van der Waals surface area (Å²) in [6.07, 6.45) is 3.30. The highest BCUT2D eigenvalue weighted by molar-refractivity contribution is 5.80. The number of anilines is 1. The van der Waals surface area contributed by atoms with E-state index in [1.54, 1.807) is 22.4 Å². The number of hydrogen-bond donors (Lipinski definition) is 2. The van der Waals surface area contributed by atoms with Crippen molar-refractivity contribution in [1.82, 2.24) is 24.4 Å². The van der Waals surface area contributed by atoms with Gasteiger partial charge in [0, 0.05) is 39.2 Å². The first-order valence-electron chi connectivity index (χ1n) is 10.8. The molecule has 5 rings (SSSR count). The van der Waals surface area contributed by atoms with E-state index in [0.29, 0.717) is 11.7 Å². The lowest BCUT2D eigenvalue weighted by molar-refractivity contribution is -0.133. The molecule has 2 aliphatic rings. The molecule has 1 aliphatic heterocycles. The molecular weight excluding hydrogens is 408 g/mol. The second-order valence-electron chi connectivity index (χ2n) is 8.28. The van der Waals surface area contributed by atoms with E-state index in [9.17, 15) is 9.59 Å². The summed E-state index contributed by atoms with van der Waals surface area (Å²) in [5.41, 5.74) is 3.55. The molecule has 3 heterocycles. The number of pyridine rings is 1. The number of carboxylic acid groups (broad SMARTS) is 1. The molecule has 2 N–H and O–H groups in total. The van der Waals surface area contributed by atoms with Crippen LogP contribution in [0.2, 0.25) is 0 Å². The van der Waals surface area contributed by atoms with Crippen molar-refractivity contribution in [3.63, 3.8) is 0 Å². The summed E-state index contributed by atoms with van der Waals surface area (Å²) in [4.78, 5) is 30.5. The average Bonchev–Trinajstić information content (AvgIpc) is 3.56. The van der Waals surface area contributed by atoms with Crippen molar-refractivity contribution in [2.45, 2.75) is 38.8 Å². The minimum absolute atomic E-state index is 0.0458. The number of aromatic nitrogens is 3. The number of carbonyl (C=O) groups excluding carboxylic acids is 1. The third-order valence-corrected chi connectivity index (χ3v) is 5.57. The Balaban J connectivity index is 0.000000754. The molecule has 9 nitrogen and oxygen atoms in total. The summed E-state index contributed by atoms with van der Waals surface area (Å²) in [6.45, 7) is 4.20. The van der Waals surface area contributed by atoms with Crippen LogP contribution in [-0.4, -0.2) is 67.7 Å². The Kier molecular flexibility index (Phi) is 6.36. The van der Waals surface area contributed by atoms with Gasteiger partial charge in [0.2, 0.25) is 5.91 Å². The molecule has 1 saturated carbocycles. The molecule has 2 fully saturated rings. The van der Waals surface area contributed by atoms with Gasteiger partial charge in [-0.1, -0.05) is 49.6 Å². The molecule has 168 valence electrons. The summed E-state index contributed by atoms with van der Waals surface area (Å²) < 4.78 is 1.62. The maximum atomic E-state index is 11.4. The van der Waals surface area contributed by atoms with E-state index in [2.05, 4.69) is 32.4 Å². The minimum atomic E-state index is -1.20. The van der Waals surface area contributed by atoms with Crippen LogP contribution in [0.1, 0.15) is 31.7 Å². The third-order valence-electron chi connectivity index (χ3n) is 5.57. The Morgan fingerprint density at radius 2 is 1.81 bits per heavy atom. The van der Waals surface area contributed by atoms with Gasteiger partial charge in [-0.2, -0.15) is 4.98 Å². The summed E-state index contributed by atoms with van der Waals surface area (Å²) in [7, 11) is 1.85. The number of nitrogens with zero attached hydrogens (tertiary/aromatic N) is 5. The monoisotopic (exact) mass is 436 g/mol. The van der Waals surface area contributed by atoms with Gasteiger partial charge in [0.1, 0.15) is 0 Å². The van der Waals surface area contributed by atoms with Crippen LogP contribution in [0.25, 0.3) is 16.9 Å². The van der Waals surface area contributed by atoms with Crippen molar-refractivity contribution in [3.8, 4) is 11.3 Å². The van der Waals surface area contributed by atoms with Crippen molar-refractivity contribution >= 4 is 23.6 Å². The first-order chi connectivity index (χ1) is 15.4. The summed E-state index contributed by atoms with van der Waals surface area (Å²) in [6, 6.07) is 14.0. The van der Waals surface area contributed by atoms with Crippen LogP contribution >= 0.6 is 0 Å². The molecular formula is C23H28N6O3. The van der Waals surface area contributed by atoms with E-state index in [-0.39, 0.29) is 11.9 Å². The number of nitrogens with one attached hydrogen (secondary N) is 1. The molecule has 9 heteroatoms. The van der Waals surface area contributed by atoms with Crippen LogP contribution < -0.4 is 5.32 Å². The van der Waals surface area contributed by atoms with Gasteiger partial charge in [-0.05, 0) is 17.7 Å². The maximum Gasteiger partial charge on any atom is 0.411 e. The first-order valence-corrected chi connectivity index (χ1v) is 10.8. The Morgan fingerprint density at radius 3 is 2.41 bits per heavy atom. The van der Waals surface area contributed by atoms with Crippen molar-refractivity contribution in [1.29, 1.82) is 0 Å². The van der Waals surface area contributed by atoms with Crippen LogP contribution in [0, 0.1) is 0 Å². The number of carbonyl (C=O) groups is 2. The highest BCUT2D eigenvalue weighted by Gasteiger charge is 2.30. The number of amides is 2. The van der Waals surface area contributed by atoms with Gasteiger partial charge in [-0.3, -0.25) is 15.0 Å². The lowest BCUT2D eigenvalue weighted by Crippen LogP contribution is -2.58. The lowest BCUT2D eigenvalue weighted by Gasteiger charge is -2.43. The van der Waals surface area contributed by atoms with Gasteiger partial charge in [-0.15, -0.1) is 5.10 Å². The van der Waals surface area contributed by atoms with Gasteiger partial charge in [0.15, 0.2) is 5.65 Å². The van der Waals surface area contributed by atoms with Crippen molar-refractivity contribution in [3.05, 3.63) is 48.0 Å². The highest BCUT2D eigenvalue weighted by Crippen LogP contribution is 2.23. The third kappa shape index (κ3) is 5.23. The van der Waals surface area contributed by atoms with Crippen LogP contribution in [0.5, 0.6) is 0 Å². The van der Waals surface area contributed by atoms with Crippen LogP contribution in [0.15, 0.2) is 42.5 Å². The molecule has 2 aromatic heterocycles. The van der Waals surface area contributed by atoms with E-state index in [0.717, 1.165) is 30.9 Å². The zero-order valence-corrected chi connectivity index (χ0v) is 18.4. The van der Waals surface area contributed by atoms with Gasteiger partial charge in [-0.25, -0.2) is 9.31 Å². The van der Waals surface area contributed by atoms with Gasteiger partial charge in [0.05, 0.1) is 11.7 Å². The SMILES string of the molecule is C1CC1.CC(=O)N(C)C1CN(Cc2ccc(-c3cccc4nc(NC(=O)O)nn34)cc2)C1. The van der Waals surface area contributed by atoms with Crippen LogP contribution in [0.4, 0.5) is 10.7 Å². The number of benzene rings is 1. The van der Waals surface area contributed by atoms with Crippen molar-refractivity contribution in [2.75, 3.05) is 25.5 Å². The van der Waals surface area contributed by atoms with Crippen molar-refractivity contribution < 1.29 is 14.7 Å². The van der Waals surface area contributed by atoms with Gasteiger partial charge in [0.25, 0.3) is 5.95 Å². The van der Waals surface area contributed by atoms with Crippen LogP contribution in [-0.2, 0) is 11.3 Å². The zero-order valence-electron chi connectivity index (χ0n) is 18.4. The lowest BCUT2D eigenvalue weighted by atomic mass is 10.0. The first kappa shape index (κ1) is 21.8. The molecule has 0 bridgehead atoms. The Bertz CT molecular complexity index is 1100. The predicted molar refractivity (Wildman–Crippen MR) is 121 cm³/mol. The molecule has 1 aromatic carbocycles. The molecule has 1 aliphatic carbocycles. The molecule has 0 atom stereocenters. The van der Waals surface area contributed by atoms with E-state index >= 15 is 0 Å². The van der Waals surface area contributed by atoms with Crippen LogP contribution in [0.3, 0.4) is 0 Å². The molecule has 1 saturated heterocycles. The van der Waals surface area contributed by atoms with Gasteiger partial charge >= 0.3 is 6.09 Å². The largest absolute Gasteiger partial charge is 0.465 e. The summed E-state index contributed by atoms with van der Waals surface area (Å²) >= 11 is 0. The molecule has 0 radical (unpaired) electrons.